The molecule has 2 aromatic rings. The Morgan fingerprint density at radius 3 is 2.81 bits per heavy atom. The number of ether oxygens (including phenoxy) is 1. The predicted molar refractivity (Wildman–Crippen MR) is 112 cm³/mol. The van der Waals surface area contributed by atoms with Crippen LogP contribution in [0.2, 0.25) is 0 Å². The summed E-state index contributed by atoms with van der Waals surface area (Å²) >= 11 is 5.46. The number of aliphatic hydroxyl groups excluding tert-OH is 1. The van der Waals surface area contributed by atoms with Gasteiger partial charge < -0.3 is 29.9 Å². The van der Waals surface area contributed by atoms with Crippen LogP contribution in [0.5, 0.6) is 5.75 Å². The minimum atomic E-state index is -0.169. The fourth-order valence-electron chi connectivity index (χ4n) is 2.80. The first kappa shape index (κ1) is 21.1. The highest BCUT2D eigenvalue weighted by atomic mass is 32.1. The SMILES string of the molecule is COc1ccc2cc(CN(CCO)C(=S)NCCC[NH+](C)C)c(=O)[nH]c2c1. The fourth-order valence-corrected chi connectivity index (χ4v) is 3.06. The number of hydrogen-bond donors (Lipinski definition) is 4. The fraction of sp³-hybridized carbons (Fsp3) is 0.474. The van der Waals surface area contributed by atoms with Gasteiger partial charge in [-0.2, -0.15) is 0 Å². The molecule has 0 aliphatic rings. The van der Waals surface area contributed by atoms with Crippen LogP contribution in [-0.4, -0.2) is 67.5 Å². The van der Waals surface area contributed by atoms with E-state index in [4.69, 9.17) is 17.0 Å². The highest BCUT2D eigenvalue weighted by Crippen LogP contribution is 2.18. The van der Waals surface area contributed by atoms with Crippen LogP contribution in [0.15, 0.2) is 29.1 Å². The number of methoxy groups -OCH3 is 1. The van der Waals surface area contributed by atoms with E-state index in [-0.39, 0.29) is 12.2 Å². The molecular weight excluding hydrogens is 364 g/mol. The normalized spacial score (nSPS) is 11.0. The number of H-pyrrole nitrogens is 1. The highest BCUT2D eigenvalue weighted by molar-refractivity contribution is 7.80. The van der Waals surface area contributed by atoms with Gasteiger partial charge in [-0.1, -0.05) is 0 Å². The van der Waals surface area contributed by atoms with Crippen molar-refractivity contribution in [2.75, 3.05) is 47.4 Å². The Hall–Kier alpha value is -2.16. The molecule has 0 aliphatic heterocycles. The Balaban J connectivity index is 2.11. The second-order valence-corrected chi connectivity index (χ2v) is 7.15. The van der Waals surface area contributed by atoms with Crippen molar-refractivity contribution in [3.05, 3.63) is 40.2 Å². The van der Waals surface area contributed by atoms with Crippen LogP contribution in [0.1, 0.15) is 12.0 Å². The molecule has 0 aliphatic carbocycles. The number of nitrogens with one attached hydrogen (secondary N) is 3. The second-order valence-electron chi connectivity index (χ2n) is 6.76. The predicted octanol–water partition coefficient (Wildman–Crippen LogP) is -0.260. The van der Waals surface area contributed by atoms with Crippen molar-refractivity contribution in [1.82, 2.24) is 15.2 Å². The van der Waals surface area contributed by atoms with Crippen LogP contribution in [0, 0.1) is 0 Å². The average Bonchev–Trinajstić information content (AvgIpc) is 2.64. The van der Waals surface area contributed by atoms with Gasteiger partial charge in [0.1, 0.15) is 5.75 Å². The number of nitrogens with zero attached hydrogens (tertiary/aromatic N) is 1. The van der Waals surface area contributed by atoms with Crippen LogP contribution in [0.3, 0.4) is 0 Å². The summed E-state index contributed by atoms with van der Waals surface area (Å²) in [6, 6.07) is 7.42. The van der Waals surface area contributed by atoms with Gasteiger partial charge in [-0.3, -0.25) is 4.79 Å². The van der Waals surface area contributed by atoms with Crippen LogP contribution in [0.4, 0.5) is 0 Å². The molecule has 7 nitrogen and oxygen atoms in total. The molecule has 0 atom stereocenters. The molecular formula is C19H29N4O3S+. The van der Waals surface area contributed by atoms with E-state index in [2.05, 4.69) is 24.4 Å². The summed E-state index contributed by atoms with van der Waals surface area (Å²) in [6.45, 7) is 2.48. The van der Waals surface area contributed by atoms with Gasteiger partial charge in [-0.05, 0) is 35.8 Å². The topological polar surface area (TPSA) is 82.0 Å². The third-order valence-electron chi connectivity index (χ3n) is 4.28. The molecule has 1 aromatic carbocycles. The Morgan fingerprint density at radius 1 is 1.37 bits per heavy atom. The van der Waals surface area contributed by atoms with E-state index in [1.54, 1.807) is 13.2 Å². The molecule has 4 N–H and O–H groups in total. The minimum Gasteiger partial charge on any atom is -0.497 e. The number of thiocarbonyl (C=S) groups is 1. The number of benzene rings is 1. The summed E-state index contributed by atoms with van der Waals surface area (Å²) < 4.78 is 5.20. The molecule has 0 saturated heterocycles. The Labute approximate surface area is 164 Å². The van der Waals surface area contributed by atoms with E-state index >= 15 is 0 Å². The molecule has 8 heteroatoms. The van der Waals surface area contributed by atoms with Crippen LogP contribution < -0.4 is 20.5 Å². The van der Waals surface area contributed by atoms with Crippen molar-refractivity contribution in [3.8, 4) is 5.75 Å². The van der Waals surface area contributed by atoms with E-state index in [0.717, 1.165) is 30.4 Å². The van der Waals surface area contributed by atoms with E-state index in [0.29, 0.717) is 29.5 Å². The maximum absolute atomic E-state index is 12.5. The molecule has 0 bridgehead atoms. The maximum atomic E-state index is 12.5. The molecule has 1 heterocycles. The second kappa shape index (κ2) is 10.2. The summed E-state index contributed by atoms with van der Waals surface area (Å²) in [5, 5.41) is 14.1. The third-order valence-corrected chi connectivity index (χ3v) is 4.68. The monoisotopic (exact) mass is 393 g/mol. The van der Waals surface area contributed by atoms with Crippen LogP contribution in [-0.2, 0) is 6.54 Å². The van der Waals surface area contributed by atoms with Gasteiger partial charge in [0.25, 0.3) is 5.56 Å². The van der Waals surface area contributed by atoms with Gasteiger partial charge in [-0.25, -0.2) is 0 Å². The van der Waals surface area contributed by atoms with Gasteiger partial charge in [0.15, 0.2) is 5.11 Å². The third kappa shape index (κ3) is 6.20. The molecule has 1 aromatic heterocycles. The molecule has 0 radical (unpaired) electrons. The number of aromatic amines is 1. The van der Waals surface area contributed by atoms with Gasteiger partial charge in [0, 0.05) is 31.1 Å². The number of rotatable bonds is 9. The number of aromatic nitrogens is 1. The zero-order valence-corrected chi connectivity index (χ0v) is 17.0. The smallest absolute Gasteiger partial charge is 0.253 e. The number of pyridine rings is 1. The van der Waals surface area contributed by atoms with Crippen LogP contribution >= 0.6 is 12.2 Å². The number of hydrogen-bond acceptors (Lipinski definition) is 4. The van der Waals surface area contributed by atoms with E-state index in [1.165, 1.54) is 4.90 Å². The molecule has 0 saturated carbocycles. The van der Waals surface area contributed by atoms with E-state index in [9.17, 15) is 9.90 Å². The van der Waals surface area contributed by atoms with E-state index < -0.39 is 0 Å². The van der Waals surface area contributed by atoms with Gasteiger partial charge in [-0.15, -0.1) is 0 Å². The Kier molecular flexibility index (Phi) is 8.02. The van der Waals surface area contributed by atoms with Crippen molar-refractivity contribution >= 4 is 28.2 Å². The molecule has 0 amide bonds. The summed E-state index contributed by atoms with van der Waals surface area (Å²) in [5.41, 5.74) is 1.16. The lowest BCUT2D eigenvalue weighted by Gasteiger charge is -2.25. The first-order valence-corrected chi connectivity index (χ1v) is 9.48. The first-order valence-electron chi connectivity index (χ1n) is 9.07. The van der Waals surface area contributed by atoms with Gasteiger partial charge >= 0.3 is 0 Å². The lowest BCUT2D eigenvalue weighted by molar-refractivity contribution is -0.858. The minimum absolute atomic E-state index is 0.0354. The number of quaternary nitrogens is 1. The van der Waals surface area contributed by atoms with Crippen molar-refractivity contribution in [2.24, 2.45) is 0 Å². The molecule has 148 valence electrons. The zero-order chi connectivity index (χ0) is 19.8. The van der Waals surface area contributed by atoms with Crippen molar-refractivity contribution < 1.29 is 14.7 Å². The molecule has 0 spiro atoms. The Morgan fingerprint density at radius 2 is 2.15 bits per heavy atom. The lowest BCUT2D eigenvalue weighted by Crippen LogP contribution is -3.05. The summed E-state index contributed by atoms with van der Waals surface area (Å²) in [7, 11) is 5.81. The van der Waals surface area contributed by atoms with Crippen LogP contribution in [0.25, 0.3) is 10.9 Å². The van der Waals surface area contributed by atoms with Gasteiger partial charge in [0.05, 0.1) is 46.4 Å². The zero-order valence-electron chi connectivity index (χ0n) is 16.2. The van der Waals surface area contributed by atoms with Crippen molar-refractivity contribution in [2.45, 2.75) is 13.0 Å². The quantitative estimate of drug-likeness (QED) is 0.347. The Bertz CT molecular complexity index is 822. The largest absolute Gasteiger partial charge is 0.497 e. The average molecular weight is 394 g/mol. The van der Waals surface area contributed by atoms with Crippen molar-refractivity contribution in [3.63, 3.8) is 0 Å². The summed E-state index contributed by atoms with van der Waals surface area (Å²) in [5.74, 6) is 0.692. The summed E-state index contributed by atoms with van der Waals surface area (Å²) in [6.07, 6.45) is 0.994. The number of fused-ring (bicyclic) bond motifs is 1. The van der Waals surface area contributed by atoms with E-state index in [1.807, 2.05) is 23.1 Å². The highest BCUT2D eigenvalue weighted by Gasteiger charge is 2.13. The van der Waals surface area contributed by atoms with Gasteiger partial charge in [0.2, 0.25) is 0 Å². The van der Waals surface area contributed by atoms with Crippen molar-refractivity contribution in [1.29, 1.82) is 0 Å². The molecule has 27 heavy (non-hydrogen) atoms. The maximum Gasteiger partial charge on any atom is 0.253 e. The molecule has 0 unspecified atom stereocenters. The molecule has 0 fully saturated rings. The lowest BCUT2D eigenvalue weighted by atomic mass is 10.1. The standard InChI is InChI=1S/C19H28N4O3S/c1-22(2)8-4-7-20-19(27)23(9-10-24)13-15-11-14-5-6-16(26-3)12-17(14)21-18(15)25/h5-6,11-12,24H,4,7-10,13H2,1-3H3,(H,20,27)(H,21,25)/p+1. The summed E-state index contributed by atoms with van der Waals surface area (Å²) in [4.78, 5) is 18.6. The number of aliphatic hydroxyl groups is 1. The first-order chi connectivity index (χ1) is 12.9. The molecule has 2 rings (SSSR count).